The summed E-state index contributed by atoms with van der Waals surface area (Å²) in [4.78, 5) is 18.4. The molecule has 0 unspecified atom stereocenters. The average molecular weight is 255 g/mol. The lowest BCUT2D eigenvalue weighted by Crippen LogP contribution is -2.39. The molecular formula is C12H21N3OS. The van der Waals surface area contributed by atoms with Crippen LogP contribution in [0, 0.1) is 5.92 Å². The van der Waals surface area contributed by atoms with Crippen molar-refractivity contribution in [3.8, 4) is 0 Å². The van der Waals surface area contributed by atoms with Gasteiger partial charge in [0.25, 0.3) is 5.91 Å². The first-order valence-electron chi connectivity index (χ1n) is 5.91. The Kier molecular flexibility index (Phi) is 5.08. The third-order valence-corrected chi connectivity index (χ3v) is 3.26. The lowest BCUT2D eigenvalue weighted by molar-refractivity contribution is 0.0676. The van der Waals surface area contributed by atoms with Crippen molar-refractivity contribution in [2.45, 2.75) is 40.3 Å². The highest BCUT2D eigenvalue weighted by Crippen LogP contribution is 2.14. The zero-order chi connectivity index (χ0) is 13.0. The summed E-state index contributed by atoms with van der Waals surface area (Å²) in [6.07, 6.45) is 0. The van der Waals surface area contributed by atoms with Gasteiger partial charge in [-0.25, -0.2) is 4.98 Å². The standard InChI is InChI=1S/C12H21N3OS/c1-8(2)6-15(9(3)4)12(16)10-7-17-11(5-13)14-10/h7-9H,5-6,13H2,1-4H3. The fourth-order valence-electron chi connectivity index (χ4n) is 1.57. The Morgan fingerprint density at radius 3 is 2.53 bits per heavy atom. The van der Waals surface area contributed by atoms with Gasteiger partial charge >= 0.3 is 0 Å². The van der Waals surface area contributed by atoms with Crippen LogP contribution in [0.5, 0.6) is 0 Å². The molecule has 4 nitrogen and oxygen atoms in total. The zero-order valence-electron chi connectivity index (χ0n) is 10.9. The molecule has 96 valence electrons. The molecule has 0 atom stereocenters. The first-order chi connectivity index (χ1) is 7.95. The Labute approximate surface area is 107 Å². The molecule has 5 heteroatoms. The maximum Gasteiger partial charge on any atom is 0.273 e. The van der Waals surface area contributed by atoms with Gasteiger partial charge in [-0.05, 0) is 19.8 Å². The summed E-state index contributed by atoms with van der Waals surface area (Å²) in [5.41, 5.74) is 6.02. The van der Waals surface area contributed by atoms with Gasteiger partial charge in [-0.2, -0.15) is 0 Å². The predicted octanol–water partition coefficient (Wildman–Crippen LogP) is 2.11. The third-order valence-electron chi connectivity index (χ3n) is 2.39. The fraction of sp³-hybridized carbons (Fsp3) is 0.667. The summed E-state index contributed by atoms with van der Waals surface area (Å²) in [5, 5.41) is 2.60. The molecule has 0 aromatic carbocycles. The largest absolute Gasteiger partial charge is 0.335 e. The minimum Gasteiger partial charge on any atom is -0.335 e. The minimum atomic E-state index is 0.00431. The maximum atomic E-state index is 12.3. The molecular weight excluding hydrogens is 234 g/mol. The van der Waals surface area contributed by atoms with Crippen LogP contribution in [0.4, 0.5) is 0 Å². The predicted molar refractivity (Wildman–Crippen MR) is 71.0 cm³/mol. The van der Waals surface area contributed by atoms with Gasteiger partial charge in [0, 0.05) is 24.5 Å². The Hall–Kier alpha value is -0.940. The highest BCUT2D eigenvalue weighted by atomic mass is 32.1. The molecule has 0 saturated heterocycles. The topological polar surface area (TPSA) is 59.2 Å². The van der Waals surface area contributed by atoms with Gasteiger partial charge in [0.1, 0.15) is 10.7 Å². The van der Waals surface area contributed by atoms with Gasteiger partial charge < -0.3 is 10.6 Å². The number of nitrogens with zero attached hydrogens (tertiary/aromatic N) is 2. The van der Waals surface area contributed by atoms with Crippen molar-refractivity contribution in [3.05, 3.63) is 16.1 Å². The van der Waals surface area contributed by atoms with Crippen molar-refractivity contribution < 1.29 is 4.79 Å². The first-order valence-corrected chi connectivity index (χ1v) is 6.79. The number of amides is 1. The minimum absolute atomic E-state index is 0.00431. The van der Waals surface area contributed by atoms with E-state index < -0.39 is 0 Å². The lowest BCUT2D eigenvalue weighted by Gasteiger charge is -2.27. The lowest BCUT2D eigenvalue weighted by atomic mass is 10.1. The number of carbonyl (C=O) groups is 1. The van der Waals surface area contributed by atoms with Gasteiger partial charge in [0.05, 0.1) is 0 Å². The van der Waals surface area contributed by atoms with E-state index in [2.05, 4.69) is 18.8 Å². The van der Waals surface area contributed by atoms with Crippen LogP contribution in [0.3, 0.4) is 0 Å². The number of rotatable bonds is 5. The smallest absolute Gasteiger partial charge is 0.273 e. The summed E-state index contributed by atoms with van der Waals surface area (Å²) in [6.45, 7) is 9.41. The SMILES string of the molecule is CC(C)CN(C(=O)c1csc(CN)n1)C(C)C. The van der Waals surface area contributed by atoms with Crippen molar-refractivity contribution >= 4 is 17.2 Å². The van der Waals surface area contributed by atoms with Crippen LogP contribution < -0.4 is 5.73 Å². The molecule has 1 rings (SSSR count). The second-order valence-electron chi connectivity index (χ2n) is 4.78. The normalized spacial score (nSPS) is 11.2. The number of thiazole rings is 1. The molecule has 0 aliphatic carbocycles. The quantitative estimate of drug-likeness (QED) is 0.876. The number of aromatic nitrogens is 1. The van der Waals surface area contributed by atoms with Gasteiger partial charge in [-0.1, -0.05) is 13.8 Å². The van der Waals surface area contributed by atoms with E-state index >= 15 is 0 Å². The molecule has 1 aromatic heterocycles. The molecule has 1 heterocycles. The highest BCUT2D eigenvalue weighted by molar-refractivity contribution is 7.09. The Bertz CT molecular complexity index is 374. The molecule has 0 radical (unpaired) electrons. The van der Waals surface area contributed by atoms with Crippen molar-refractivity contribution in [1.82, 2.24) is 9.88 Å². The van der Waals surface area contributed by atoms with Gasteiger partial charge in [-0.15, -0.1) is 11.3 Å². The Morgan fingerprint density at radius 2 is 2.12 bits per heavy atom. The fourth-order valence-corrected chi connectivity index (χ4v) is 2.22. The molecule has 2 N–H and O–H groups in total. The summed E-state index contributed by atoms with van der Waals surface area (Å²) in [7, 11) is 0. The van der Waals surface area contributed by atoms with Gasteiger partial charge in [0.2, 0.25) is 0 Å². The van der Waals surface area contributed by atoms with Crippen molar-refractivity contribution in [2.75, 3.05) is 6.54 Å². The number of nitrogens with two attached hydrogens (primary N) is 1. The Morgan fingerprint density at radius 1 is 1.47 bits per heavy atom. The van der Waals surface area contributed by atoms with E-state index in [9.17, 15) is 4.79 Å². The average Bonchev–Trinajstić information content (AvgIpc) is 2.72. The van der Waals surface area contributed by atoms with Crippen LogP contribution in [0.1, 0.15) is 43.2 Å². The molecule has 0 fully saturated rings. The third kappa shape index (κ3) is 3.78. The molecule has 17 heavy (non-hydrogen) atoms. The van der Waals surface area contributed by atoms with E-state index in [0.29, 0.717) is 18.2 Å². The van der Waals surface area contributed by atoms with E-state index in [1.165, 1.54) is 11.3 Å². The first kappa shape index (κ1) is 14.1. The molecule has 0 bridgehead atoms. The maximum absolute atomic E-state index is 12.3. The molecule has 1 amide bonds. The van der Waals surface area contributed by atoms with E-state index in [-0.39, 0.29) is 11.9 Å². The van der Waals surface area contributed by atoms with E-state index in [1.54, 1.807) is 5.38 Å². The summed E-state index contributed by atoms with van der Waals surface area (Å²) in [5.74, 6) is 0.457. The van der Waals surface area contributed by atoms with Crippen LogP contribution in [0.15, 0.2) is 5.38 Å². The summed E-state index contributed by atoms with van der Waals surface area (Å²) >= 11 is 1.44. The van der Waals surface area contributed by atoms with Crippen molar-refractivity contribution in [2.24, 2.45) is 11.7 Å². The van der Waals surface area contributed by atoms with E-state index in [4.69, 9.17) is 5.73 Å². The van der Waals surface area contributed by atoms with E-state index in [0.717, 1.165) is 11.6 Å². The van der Waals surface area contributed by atoms with Crippen LogP contribution in [0.2, 0.25) is 0 Å². The van der Waals surface area contributed by atoms with E-state index in [1.807, 2.05) is 18.7 Å². The van der Waals surface area contributed by atoms with Crippen molar-refractivity contribution in [1.29, 1.82) is 0 Å². The molecule has 0 spiro atoms. The van der Waals surface area contributed by atoms with Gasteiger partial charge in [-0.3, -0.25) is 4.79 Å². The second kappa shape index (κ2) is 6.12. The molecule has 0 saturated carbocycles. The summed E-state index contributed by atoms with van der Waals surface area (Å²) in [6, 6.07) is 0.188. The molecule has 1 aromatic rings. The molecule has 0 aliphatic heterocycles. The Balaban J connectivity index is 2.83. The molecule has 0 aliphatic rings. The number of hydrogen-bond donors (Lipinski definition) is 1. The van der Waals surface area contributed by atoms with Crippen LogP contribution in [-0.2, 0) is 6.54 Å². The van der Waals surface area contributed by atoms with Gasteiger partial charge in [0.15, 0.2) is 0 Å². The van der Waals surface area contributed by atoms with Crippen LogP contribution >= 0.6 is 11.3 Å². The van der Waals surface area contributed by atoms with Crippen LogP contribution in [0.25, 0.3) is 0 Å². The highest BCUT2D eigenvalue weighted by Gasteiger charge is 2.21. The van der Waals surface area contributed by atoms with Crippen molar-refractivity contribution in [3.63, 3.8) is 0 Å². The van der Waals surface area contributed by atoms with Crippen LogP contribution in [-0.4, -0.2) is 28.4 Å². The summed E-state index contributed by atoms with van der Waals surface area (Å²) < 4.78 is 0. The second-order valence-corrected chi connectivity index (χ2v) is 5.72. The number of carbonyl (C=O) groups excluding carboxylic acids is 1. The number of hydrogen-bond acceptors (Lipinski definition) is 4. The monoisotopic (exact) mass is 255 g/mol. The zero-order valence-corrected chi connectivity index (χ0v) is 11.8.